The first-order valence-electron chi connectivity index (χ1n) is 6.95. The predicted molar refractivity (Wildman–Crippen MR) is 74.4 cm³/mol. The van der Waals surface area contributed by atoms with Crippen LogP contribution in [-0.4, -0.2) is 29.8 Å². The quantitative estimate of drug-likeness (QED) is 0.643. The van der Waals surface area contributed by atoms with Crippen molar-refractivity contribution in [3.8, 4) is 0 Å². The summed E-state index contributed by atoms with van der Waals surface area (Å²) in [5.74, 6) is -0.217. The maximum Gasteiger partial charge on any atom is 0.407 e. The number of alkyl halides is 1. The summed E-state index contributed by atoms with van der Waals surface area (Å²) >= 11 is 5.37. The van der Waals surface area contributed by atoms with Gasteiger partial charge in [-0.25, -0.2) is 4.79 Å². The highest BCUT2D eigenvalue weighted by Gasteiger charge is 2.55. The molecule has 2 aliphatic rings. The Bertz CT molecular complexity index is 390. The fourth-order valence-electron chi connectivity index (χ4n) is 3.22. The lowest BCUT2D eigenvalue weighted by Crippen LogP contribution is -2.57. The SMILES string of the molecule is CC(C)(C)OC(=O)NC1CC2(C1)CC(C(=O)OCCl)C2. The summed E-state index contributed by atoms with van der Waals surface area (Å²) in [4.78, 5) is 23.1. The number of alkyl carbamates (subject to hydrolysis) is 1. The molecule has 0 aliphatic heterocycles. The summed E-state index contributed by atoms with van der Waals surface area (Å²) in [5, 5.41) is 2.87. The Hall–Kier alpha value is -0.970. The summed E-state index contributed by atoms with van der Waals surface area (Å²) in [6.07, 6.45) is 3.15. The lowest BCUT2D eigenvalue weighted by atomic mass is 9.50. The topological polar surface area (TPSA) is 64.6 Å². The van der Waals surface area contributed by atoms with Crippen LogP contribution in [0.1, 0.15) is 46.5 Å². The van der Waals surface area contributed by atoms with Crippen molar-refractivity contribution in [1.82, 2.24) is 5.32 Å². The number of carbonyl (C=O) groups excluding carboxylic acids is 2. The third kappa shape index (κ3) is 3.57. The van der Waals surface area contributed by atoms with Gasteiger partial charge in [-0.2, -0.15) is 0 Å². The van der Waals surface area contributed by atoms with Crippen molar-refractivity contribution in [1.29, 1.82) is 0 Å². The Morgan fingerprint density at radius 2 is 1.85 bits per heavy atom. The number of ether oxygens (including phenoxy) is 2. The summed E-state index contributed by atoms with van der Waals surface area (Å²) in [6, 6.07) is 0.0837. The Labute approximate surface area is 124 Å². The van der Waals surface area contributed by atoms with Gasteiger partial charge in [0.05, 0.1) is 5.92 Å². The molecule has 2 aliphatic carbocycles. The van der Waals surface area contributed by atoms with Crippen molar-refractivity contribution in [2.24, 2.45) is 11.3 Å². The molecule has 0 saturated heterocycles. The van der Waals surface area contributed by atoms with Crippen LogP contribution >= 0.6 is 11.6 Å². The summed E-state index contributed by atoms with van der Waals surface area (Å²) in [7, 11) is 0. The van der Waals surface area contributed by atoms with Crippen LogP contribution in [0.25, 0.3) is 0 Å². The molecule has 0 atom stereocenters. The van der Waals surface area contributed by atoms with Gasteiger partial charge in [-0.05, 0) is 51.9 Å². The van der Waals surface area contributed by atoms with E-state index < -0.39 is 5.60 Å². The number of nitrogens with one attached hydrogen (secondary N) is 1. The second kappa shape index (κ2) is 5.43. The van der Waals surface area contributed by atoms with Gasteiger partial charge in [-0.1, -0.05) is 11.6 Å². The van der Waals surface area contributed by atoms with E-state index in [1.54, 1.807) is 0 Å². The zero-order valence-corrected chi connectivity index (χ0v) is 13.0. The van der Waals surface area contributed by atoms with Gasteiger partial charge in [-0.15, -0.1) is 0 Å². The Morgan fingerprint density at radius 3 is 2.35 bits per heavy atom. The molecule has 2 rings (SSSR count). The van der Waals surface area contributed by atoms with Crippen molar-refractivity contribution >= 4 is 23.7 Å². The molecule has 1 spiro atoms. The zero-order chi connectivity index (χ0) is 15.0. The molecule has 2 fully saturated rings. The van der Waals surface area contributed by atoms with Gasteiger partial charge < -0.3 is 14.8 Å². The van der Waals surface area contributed by atoms with Crippen LogP contribution in [0.15, 0.2) is 0 Å². The van der Waals surface area contributed by atoms with Gasteiger partial charge in [0.1, 0.15) is 5.60 Å². The first-order valence-corrected chi connectivity index (χ1v) is 7.49. The van der Waals surface area contributed by atoms with E-state index in [0.717, 1.165) is 25.7 Å². The van der Waals surface area contributed by atoms with Gasteiger partial charge in [0.25, 0.3) is 0 Å². The maximum atomic E-state index is 11.6. The first kappa shape index (κ1) is 15.4. The molecule has 114 valence electrons. The number of hydrogen-bond acceptors (Lipinski definition) is 4. The number of hydrogen-bond donors (Lipinski definition) is 1. The van der Waals surface area contributed by atoms with Gasteiger partial charge in [0, 0.05) is 6.04 Å². The molecule has 0 bridgehead atoms. The molecule has 1 N–H and O–H groups in total. The van der Waals surface area contributed by atoms with Crippen LogP contribution in [-0.2, 0) is 14.3 Å². The second-order valence-corrected chi connectivity index (χ2v) is 7.15. The standard InChI is InChI=1S/C14H22ClNO4/c1-13(2,3)20-12(18)16-10-6-14(7-10)4-9(5-14)11(17)19-8-15/h9-10H,4-8H2,1-3H3,(H,16,18). The van der Waals surface area contributed by atoms with Crippen molar-refractivity contribution in [3.05, 3.63) is 0 Å². The second-order valence-electron chi connectivity index (χ2n) is 6.93. The minimum Gasteiger partial charge on any atom is -0.449 e. The summed E-state index contributed by atoms with van der Waals surface area (Å²) in [6.45, 7) is 5.52. The lowest BCUT2D eigenvalue weighted by molar-refractivity contribution is -0.160. The number of esters is 1. The summed E-state index contributed by atoms with van der Waals surface area (Å²) in [5.41, 5.74) is -0.256. The van der Waals surface area contributed by atoms with E-state index >= 15 is 0 Å². The van der Waals surface area contributed by atoms with Gasteiger partial charge in [0.2, 0.25) is 0 Å². The molecule has 1 amide bonds. The minimum atomic E-state index is -0.474. The fraction of sp³-hybridized carbons (Fsp3) is 0.857. The van der Waals surface area contributed by atoms with Gasteiger partial charge in [-0.3, -0.25) is 4.79 Å². The molecule has 0 aromatic rings. The highest BCUT2D eigenvalue weighted by Crippen LogP contribution is 2.58. The normalized spacial score (nSPS) is 32.0. The van der Waals surface area contributed by atoms with E-state index in [9.17, 15) is 9.59 Å². The van der Waals surface area contributed by atoms with Crippen molar-refractivity contribution < 1.29 is 19.1 Å². The molecule has 20 heavy (non-hydrogen) atoms. The maximum absolute atomic E-state index is 11.6. The molecule has 0 radical (unpaired) electrons. The molecular weight excluding hydrogens is 282 g/mol. The van der Waals surface area contributed by atoms with Crippen LogP contribution in [0.3, 0.4) is 0 Å². The van der Waals surface area contributed by atoms with Crippen LogP contribution in [0, 0.1) is 11.3 Å². The Kier molecular flexibility index (Phi) is 4.19. The molecule has 0 aromatic heterocycles. The molecule has 5 nitrogen and oxygen atoms in total. The van der Waals surface area contributed by atoms with Crippen molar-refractivity contribution in [2.45, 2.75) is 58.1 Å². The van der Waals surface area contributed by atoms with E-state index in [2.05, 4.69) is 5.32 Å². The highest BCUT2D eigenvalue weighted by molar-refractivity contribution is 6.17. The number of amides is 1. The van der Waals surface area contributed by atoms with E-state index in [1.165, 1.54) is 0 Å². The molecular formula is C14H22ClNO4. The predicted octanol–water partition coefficient (Wildman–Crippen LogP) is 2.81. The molecule has 0 heterocycles. The molecule has 0 unspecified atom stereocenters. The smallest absolute Gasteiger partial charge is 0.407 e. The van der Waals surface area contributed by atoms with E-state index in [4.69, 9.17) is 21.1 Å². The van der Waals surface area contributed by atoms with E-state index in [0.29, 0.717) is 0 Å². The monoisotopic (exact) mass is 303 g/mol. The van der Waals surface area contributed by atoms with Crippen LogP contribution in [0.4, 0.5) is 4.79 Å². The zero-order valence-electron chi connectivity index (χ0n) is 12.2. The average Bonchev–Trinajstić information content (AvgIpc) is 2.16. The van der Waals surface area contributed by atoms with E-state index in [1.807, 2.05) is 20.8 Å². The average molecular weight is 304 g/mol. The van der Waals surface area contributed by atoms with Crippen LogP contribution in [0.5, 0.6) is 0 Å². The highest BCUT2D eigenvalue weighted by atomic mass is 35.5. The van der Waals surface area contributed by atoms with Crippen LogP contribution in [0.2, 0.25) is 0 Å². The molecule has 6 heteroatoms. The van der Waals surface area contributed by atoms with Crippen molar-refractivity contribution in [3.63, 3.8) is 0 Å². The number of carbonyl (C=O) groups is 2. The van der Waals surface area contributed by atoms with Crippen molar-refractivity contribution in [2.75, 3.05) is 6.07 Å². The third-order valence-electron chi connectivity index (χ3n) is 3.97. The molecule has 0 aromatic carbocycles. The Morgan fingerprint density at radius 1 is 1.25 bits per heavy atom. The fourth-order valence-corrected chi connectivity index (χ4v) is 3.33. The van der Waals surface area contributed by atoms with Crippen LogP contribution < -0.4 is 5.32 Å². The van der Waals surface area contributed by atoms with E-state index in [-0.39, 0.29) is 35.5 Å². The lowest BCUT2D eigenvalue weighted by Gasteiger charge is -2.56. The molecule has 2 saturated carbocycles. The minimum absolute atomic E-state index is 0.0174. The summed E-state index contributed by atoms with van der Waals surface area (Å²) < 4.78 is 10.0. The van der Waals surface area contributed by atoms with Gasteiger partial charge in [0.15, 0.2) is 6.07 Å². The first-order chi connectivity index (χ1) is 9.23. The third-order valence-corrected chi connectivity index (χ3v) is 4.08. The largest absolute Gasteiger partial charge is 0.449 e. The Balaban J connectivity index is 1.66. The number of halogens is 1. The van der Waals surface area contributed by atoms with Gasteiger partial charge >= 0.3 is 12.1 Å². The number of rotatable bonds is 3.